The Kier molecular flexibility index (Phi) is 7.67. The van der Waals surface area contributed by atoms with Crippen LogP contribution in [0, 0.1) is 0 Å². The average Bonchev–Trinajstić information content (AvgIpc) is 3.22. The fourth-order valence-corrected chi connectivity index (χ4v) is 5.93. The lowest BCUT2D eigenvalue weighted by Gasteiger charge is -2.35. The fourth-order valence-electron chi connectivity index (χ4n) is 3.77. The average molecular weight is 552 g/mol. The number of carbonyl (C=O) groups is 2. The Balaban J connectivity index is 1.74. The monoisotopic (exact) mass is 551 g/mol. The van der Waals surface area contributed by atoms with Gasteiger partial charge in [0.1, 0.15) is 18.4 Å². The number of amides is 1. The van der Waals surface area contributed by atoms with Gasteiger partial charge < -0.3 is 14.6 Å². The van der Waals surface area contributed by atoms with Crippen molar-refractivity contribution in [2.45, 2.75) is 19.1 Å². The standard InChI is InChI=1S/C23H22ClN3O7S2/c1-36(31,32)26-22-25-17-9-10-27(23(30)34-12-14-5-3-2-4-6-14)20(21(17)35-22)16-11-15(24)7-8-18(16)33-13-19(28)29/h2-8,11,20H,9-10,12-13H2,1H3,(H,25,26)(H,28,29). The molecule has 4 rings (SSSR count). The molecule has 1 aliphatic heterocycles. The zero-order chi connectivity index (χ0) is 25.9. The van der Waals surface area contributed by atoms with Crippen molar-refractivity contribution in [3.05, 3.63) is 75.3 Å². The molecule has 3 aromatic rings. The topological polar surface area (TPSA) is 135 Å². The molecular weight excluding hydrogens is 530 g/mol. The van der Waals surface area contributed by atoms with Gasteiger partial charge in [0.05, 0.1) is 16.8 Å². The van der Waals surface area contributed by atoms with Gasteiger partial charge in [-0.3, -0.25) is 9.62 Å². The molecule has 1 unspecified atom stereocenters. The first kappa shape index (κ1) is 25.7. The van der Waals surface area contributed by atoms with Crippen molar-refractivity contribution < 1.29 is 32.6 Å². The van der Waals surface area contributed by atoms with E-state index < -0.39 is 34.7 Å². The van der Waals surface area contributed by atoms with Gasteiger partial charge in [-0.2, -0.15) is 0 Å². The summed E-state index contributed by atoms with van der Waals surface area (Å²) in [6.45, 7) is -0.328. The van der Waals surface area contributed by atoms with E-state index in [2.05, 4.69) is 9.71 Å². The van der Waals surface area contributed by atoms with Crippen molar-refractivity contribution in [3.63, 3.8) is 0 Å². The lowest BCUT2D eigenvalue weighted by atomic mass is 9.97. The smallest absolute Gasteiger partial charge is 0.410 e. The third-order valence-corrected chi connectivity index (χ3v) is 7.20. The van der Waals surface area contributed by atoms with Crippen LogP contribution in [0.4, 0.5) is 9.93 Å². The minimum atomic E-state index is -3.58. The van der Waals surface area contributed by atoms with Crippen LogP contribution in [-0.2, 0) is 32.6 Å². The van der Waals surface area contributed by atoms with Gasteiger partial charge in [0.15, 0.2) is 11.7 Å². The van der Waals surface area contributed by atoms with Gasteiger partial charge >= 0.3 is 12.1 Å². The number of carboxylic acids is 1. The van der Waals surface area contributed by atoms with Crippen molar-refractivity contribution in [3.8, 4) is 5.75 Å². The van der Waals surface area contributed by atoms with E-state index in [4.69, 9.17) is 26.2 Å². The number of rotatable bonds is 8. The Morgan fingerprint density at radius 1 is 1.25 bits per heavy atom. The Labute approximate surface area is 216 Å². The molecule has 0 fully saturated rings. The van der Waals surface area contributed by atoms with Crippen LogP contribution in [0.15, 0.2) is 48.5 Å². The molecule has 0 aliphatic carbocycles. The number of halogens is 1. The van der Waals surface area contributed by atoms with Crippen molar-refractivity contribution >= 4 is 50.2 Å². The van der Waals surface area contributed by atoms with Crippen LogP contribution >= 0.6 is 22.9 Å². The molecule has 1 aromatic heterocycles. The van der Waals surface area contributed by atoms with Crippen LogP contribution in [0.2, 0.25) is 5.02 Å². The van der Waals surface area contributed by atoms with E-state index in [1.54, 1.807) is 12.1 Å². The molecule has 1 aliphatic rings. The van der Waals surface area contributed by atoms with Gasteiger partial charge in [-0.25, -0.2) is 23.0 Å². The number of aliphatic carboxylic acids is 1. The molecule has 13 heteroatoms. The van der Waals surface area contributed by atoms with Crippen molar-refractivity contribution in [2.24, 2.45) is 0 Å². The van der Waals surface area contributed by atoms with Crippen LogP contribution in [0.1, 0.15) is 27.7 Å². The van der Waals surface area contributed by atoms with E-state index in [1.807, 2.05) is 30.3 Å². The number of fused-ring (bicyclic) bond motifs is 1. The molecule has 10 nitrogen and oxygen atoms in total. The van der Waals surface area contributed by atoms with E-state index in [0.717, 1.165) is 23.2 Å². The number of ether oxygens (including phenoxy) is 2. The first-order valence-corrected chi connectivity index (χ1v) is 13.8. The number of nitrogens with one attached hydrogen (secondary N) is 1. The maximum Gasteiger partial charge on any atom is 0.410 e. The van der Waals surface area contributed by atoms with Gasteiger partial charge in [-0.1, -0.05) is 53.3 Å². The maximum atomic E-state index is 13.3. The molecule has 1 atom stereocenters. The first-order chi connectivity index (χ1) is 17.1. The summed E-state index contributed by atoms with van der Waals surface area (Å²) in [4.78, 5) is 30.9. The predicted octanol–water partition coefficient (Wildman–Crippen LogP) is 3.92. The zero-order valence-corrected chi connectivity index (χ0v) is 21.4. The number of hydrogen-bond donors (Lipinski definition) is 2. The second-order valence-electron chi connectivity index (χ2n) is 7.95. The van der Waals surface area contributed by atoms with Gasteiger partial charge in [0.2, 0.25) is 10.0 Å². The summed E-state index contributed by atoms with van der Waals surface area (Å²) in [5, 5.41) is 9.61. The minimum absolute atomic E-state index is 0.0528. The van der Waals surface area contributed by atoms with E-state index in [1.165, 1.54) is 11.0 Å². The zero-order valence-electron chi connectivity index (χ0n) is 19.0. The SMILES string of the molecule is CS(=O)(=O)Nc1nc2c(s1)C(c1cc(Cl)ccc1OCC(=O)O)N(C(=O)OCc1ccccc1)CC2. The van der Waals surface area contributed by atoms with Crippen molar-refractivity contribution in [1.29, 1.82) is 0 Å². The number of carboxylic acid groups (broad SMARTS) is 1. The highest BCUT2D eigenvalue weighted by Gasteiger charge is 2.38. The highest BCUT2D eigenvalue weighted by atomic mass is 35.5. The molecule has 2 N–H and O–H groups in total. The molecule has 0 bridgehead atoms. The number of aromatic nitrogens is 1. The number of carbonyl (C=O) groups excluding carboxylic acids is 1. The Morgan fingerprint density at radius 2 is 2.00 bits per heavy atom. The van der Waals surface area contributed by atoms with Gasteiger partial charge in [0, 0.05) is 23.6 Å². The molecular formula is C23H22ClN3O7S2. The normalized spacial score (nSPS) is 15.2. The molecule has 190 valence electrons. The minimum Gasteiger partial charge on any atom is -0.482 e. The van der Waals surface area contributed by atoms with E-state index in [-0.39, 0.29) is 24.0 Å². The fraction of sp³-hybridized carbons (Fsp3) is 0.261. The summed E-state index contributed by atoms with van der Waals surface area (Å²) >= 11 is 7.35. The summed E-state index contributed by atoms with van der Waals surface area (Å²) in [6, 6.07) is 13.1. The summed E-state index contributed by atoms with van der Waals surface area (Å²) in [7, 11) is -3.58. The second-order valence-corrected chi connectivity index (χ2v) is 11.2. The van der Waals surface area contributed by atoms with E-state index in [9.17, 15) is 18.0 Å². The van der Waals surface area contributed by atoms with E-state index >= 15 is 0 Å². The summed E-state index contributed by atoms with van der Waals surface area (Å²) in [5.41, 5.74) is 1.84. The molecule has 0 saturated heterocycles. The maximum absolute atomic E-state index is 13.3. The van der Waals surface area contributed by atoms with Crippen molar-refractivity contribution in [1.82, 2.24) is 9.88 Å². The quantitative estimate of drug-likeness (QED) is 0.430. The number of anilines is 1. The number of thiazole rings is 1. The van der Waals surface area contributed by atoms with Gasteiger partial charge in [-0.15, -0.1) is 0 Å². The van der Waals surface area contributed by atoms with Crippen LogP contribution in [0.3, 0.4) is 0 Å². The largest absolute Gasteiger partial charge is 0.482 e. The van der Waals surface area contributed by atoms with Crippen LogP contribution in [0.5, 0.6) is 5.75 Å². The summed E-state index contributed by atoms with van der Waals surface area (Å²) < 4.78 is 37.0. The van der Waals surface area contributed by atoms with Crippen molar-refractivity contribution in [2.75, 3.05) is 24.1 Å². The highest BCUT2D eigenvalue weighted by Crippen LogP contribution is 2.44. The molecule has 2 aromatic carbocycles. The molecule has 0 spiro atoms. The van der Waals surface area contributed by atoms with Crippen LogP contribution in [0.25, 0.3) is 0 Å². The van der Waals surface area contributed by atoms with Gasteiger partial charge in [0.25, 0.3) is 0 Å². The van der Waals surface area contributed by atoms with Gasteiger partial charge in [-0.05, 0) is 23.8 Å². The molecule has 1 amide bonds. The Morgan fingerprint density at radius 3 is 2.69 bits per heavy atom. The summed E-state index contributed by atoms with van der Waals surface area (Å²) in [6.07, 6.45) is 0.775. The molecule has 0 radical (unpaired) electrons. The third kappa shape index (κ3) is 6.25. The first-order valence-electron chi connectivity index (χ1n) is 10.7. The number of sulfonamides is 1. The lowest BCUT2D eigenvalue weighted by molar-refractivity contribution is -0.139. The Bertz CT molecular complexity index is 1380. The number of hydrogen-bond acceptors (Lipinski definition) is 8. The molecule has 36 heavy (non-hydrogen) atoms. The predicted molar refractivity (Wildman–Crippen MR) is 134 cm³/mol. The number of nitrogens with zero attached hydrogens (tertiary/aromatic N) is 2. The molecule has 2 heterocycles. The second kappa shape index (κ2) is 10.7. The number of benzene rings is 2. The summed E-state index contributed by atoms with van der Waals surface area (Å²) in [5.74, 6) is -0.955. The van der Waals surface area contributed by atoms with Crippen LogP contribution in [-0.4, -0.2) is 54.9 Å². The lowest BCUT2D eigenvalue weighted by Crippen LogP contribution is -2.40. The van der Waals surface area contributed by atoms with Crippen LogP contribution < -0.4 is 9.46 Å². The Hall–Kier alpha value is -3.35. The van der Waals surface area contributed by atoms with E-state index in [0.29, 0.717) is 27.6 Å². The molecule has 0 saturated carbocycles. The third-order valence-electron chi connectivity index (χ3n) is 5.21. The highest BCUT2D eigenvalue weighted by molar-refractivity contribution is 7.92.